The summed E-state index contributed by atoms with van der Waals surface area (Å²) >= 11 is 0.743. The molecule has 6 rings (SSSR count). The second-order valence-corrected chi connectivity index (χ2v) is 12.9. The number of carbonyl (C=O) groups excluding carboxylic acids is 2. The number of imidazole rings is 1. The maximum Gasteiger partial charge on any atom is 0.272 e. The molecule has 0 radical (unpaired) electrons. The molecule has 2 aromatic heterocycles. The summed E-state index contributed by atoms with van der Waals surface area (Å²) in [6, 6.07) is 10.5. The molecule has 1 aromatic carbocycles. The molecular weight excluding hydrogens is 590 g/mol. The maximum absolute atomic E-state index is 13.6. The van der Waals surface area contributed by atoms with E-state index in [2.05, 4.69) is 16.3 Å². The average Bonchev–Trinajstić information content (AvgIpc) is 3.75. The zero-order valence-electron chi connectivity index (χ0n) is 24.4. The topological polar surface area (TPSA) is 113 Å². The molecule has 232 valence electrons. The van der Waals surface area contributed by atoms with Crippen molar-refractivity contribution in [3.05, 3.63) is 57.3 Å². The minimum Gasteiger partial charge on any atom is -0.379 e. The van der Waals surface area contributed by atoms with Crippen molar-refractivity contribution in [2.75, 3.05) is 51.4 Å². The molecule has 44 heavy (non-hydrogen) atoms. The fraction of sp³-hybridized carbons (Fsp3) is 0.484. The number of ether oxygens (including phenoxy) is 2. The highest BCUT2D eigenvalue weighted by Gasteiger charge is 2.36. The Balaban J connectivity index is 1.29. The van der Waals surface area contributed by atoms with Crippen LogP contribution in [-0.4, -0.2) is 83.3 Å². The number of nitriles is 1. The van der Waals surface area contributed by atoms with Crippen molar-refractivity contribution in [3.8, 4) is 6.07 Å². The van der Waals surface area contributed by atoms with Gasteiger partial charge in [-0.3, -0.25) is 19.8 Å². The summed E-state index contributed by atoms with van der Waals surface area (Å²) < 4.78 is 39.0. The Hall–Kier alpha value is -3.70. The molecule has 0 unspecified atom stereocenters. The van der Waals surface area contributed by atoms with Crippen LogP contribution in [0.3, 0.4) is 0 Å². The van der Waals surface area contributed by atoms with Crippen LogP contribution in [0, 0.1) is 16.7 Å². The molecule has 3 aliphatic heterocycles. The van der Waals surface area contributed by atoms with E-state index in [1.165, 1.54) is 12.1 Å². The number of nitrogens with zero attached hydrogens (tertiary/aromatic N) is 5. The highest BCUT2D eigenvalue weighted by Crippen LogP contribution is 2.32. The van der Waals surface area contributed by atoms with Crippen molar-refractivity contribution in [1.82, 2.24) is 19.4 Å². The van der Waals surface area contributed by atoms with Gasteiger partial charge in [-0.1, -0.05) is 19.1 Å². The third kappa shape index (κ3) is 6.39. The van der Waals surface area contributed by atoms with Crippen LogP contribution in [0.5, 0.6) is 0 Å². The lowest BCUT2D eigenvalue weighted by atomic mass is 9.86. The normalized spacial score (nSPS) is 20.6. The molecule has 3 aromatic rings. The number of nitrogens with one attached hydrogen (secondary N) is 1. The minimum absolute atomic E-state index is 0.104. The van der Waals surface area contributed by atoms with Crippen LogP contribution in [0.15, 0.2) is 42.0 Å². The van der Waals surface area contributed by atoms with Gasteiger partial charge in [0.15, 0.2) is 0 Å². The zero-order valence-corrected chi connectivity index (χ0v) is 25.2. The van der Waals surface area contributed by atoms with Crippen LogP contribution in [0.2, 0.25) is 0 Å². The molecule has 3 fully saturated rings. The van der Waals surface area contributed by atoms with Crippen molar-refractivity contribution in [1.29, 1.82) is 5.26 Å². The van der Waals surface area contributed by atoms with Gasteiger partial charge in [0.05, 0.1) is 53.3 Å². The summed E-state index contributed by atoms with van der Waals surface area (Å²) in [6.45, 7) is 7.54. The number of benzene rings is 1. The van der Waals surface area contributed by atoms with Gasteiger partial charge in [-0.15, -0.1) is 11.3 Å². The molecule has 1 atom stereocenters. The molecule has 0 saturated carbocycles. The molecular formula is C31H34F2N6O4S. The Morgan fingerprint density at radius 3 is 2.68 bits per heavy atom. The van der Waals surface area contributed by atoms with Gasteiger partial charge in [0.1, 0.15) is 11.6 Å². The van der Waals surface area contributed by atoms with Gasteiger partial charge in [-0.05, 0) is 42.7 Å². The van der Waals surface area contributed by atoms with Gasteiger partial charge in [-0.25, -0.2) is 13.8 Å². The van der Waals surface area contributed by atoms with Crippen LogP contribution in [0.1, 0.15) is 46.3 Å². The van der Waals surface area contributed by atoms with Crippen molar-refractivity contribution in [2.45, 2.75) is 45.3 Å². The maximum atomic E-state index is 13.6. The molecule has 5 heterocycles. The van der Waals surface area contributed by atoms with Crippen molar-refractivity contribution in [2.24, 2.45) is 5.41 Å². The number of rotatable bonds is 9. The molecule has 3 aliphatic rings. The van der Waals surface area contributed by atoms with Crippen LogP contribution >= 0.6 is 11.3 Å². The van der Waals surface area contributed by atoms with Crippen molar-refractivity contribution >= 4 is 40.1 Å². The van der Waals surface area contributed by atoms with Gasteiger partial charge in [0, 0.05) is 38.1 Å². The Morgan fingerprint density at radius 1 is 1.20 bits per heavy atom. The molecule has 0 aliphatic carbocycles. The van der Waals surface area contributed by atoms with E-state index in [-0.39, 0.29) is 38.6 Å². The van der Waals surface area contributed by atoms with Gasteiger partial charge in [-0.2, -0.15) is 5.26 Å². The number of morpholine rings is 1. The Labute approximate surface area is 257 Å². The molecule has 1 N–H and O–H groups in total. The third-order valence-electron chi connectivity index (χ3n) is 8.35. The van der Waals surface area contributed by atoms with E-state index < -0.39 is 12.3 Å². The number of fused-ring (bicyclic) bond motifs is 1. The third-order valence-corrected chi connectivity index (χ3v) is 9.44. The van der Waals surface area contributed by atoms with Crippen LogP contribution in [-0.2, 0) is 27.4 Å². The summed E-state index contributed by atoms with van der Waals surface area (Å²) in [5.41, 5.74) is 2.29. The number of likely N-dealkylation sites (tertiary alicyclic amines) is 1. The predicted molar refractivity (Wildman–Crippen MR) is 160 cm³/mol. The summed E-state index contributed by atoms with van der Waals surface area (Å²) in [7, 11) is 0. The van der Waals surface area contributed by atoms with Crippen LogP contribution in [0.4, 0.5) is 14.7 Å². The quantitative estimate of drug-likeness (QED) is 0.274. The van der Waals surface area contributed by atoms with Gasteiger partial charge < -0.3 is 18.9 Å². The van der Waals surface area contributed by atoms with Crippen LogP contribution < -0.4 is 5.32 Å². The van der Waals surface area contributed by atoms with E-state index in [0.717, 1.165) is 54.9 Å². The summed E-state index contributed by atoms with van der Waals surface area (Å²) in [5.74, 6) is -0.573. The predicted octanol–water partition coefficient (Wildman–Crippen LogP) is 4.60. The Bertz CT molecular complexity index is 1620. The molecule has 13 heteroatoms. The number of alkyl halides is 2. The van der Waals surface area contributed by atoms with Crippen molar-refractivity contribution < 1.29 is 27.8 Å². The Kier molecular flexibility index (Phi) is 8.77. The molecule has 10 nitrogen and oxygen atoms in total. The number of carbonyl (C=O) groups is 2. The second-order valence-electron chi connectivity index (χ2n) is 11.8. The fourth-order valence-electron chi connectivity index (χ4n) is 5.98. The first-order chi connectivity index (χ1) is 21.2. The smallest absolute Gasteiger partial charge is 0.272 e. The molecule has 0 bridgehead atoms. The van der Waals surface area contributed by atoms with E-state index in [4.69, 9.17) is 14.5 Å². The number of thiophene rings is 1. The highest BCUT2D eigenvalue weighted by molar-refractivity contribution is 7.14. The largest absolute Gasteiger partial charge is 0.379 e. The number of hydrogen-bond donors (Lipinski definition) is 1. The lowest BCUT2D eigenvalue weighted by Crippen LogP contribution is -2.41. The molecule has 3 saturated heterocycles. The van der Waals surface area contributed by atoms with Gasteiger partial charge >= 0.3 is 0 Å². The standard InChI is InChI=1S/C31H34F2N6O4S/c1-31(18-43-19-31)14-21(15-34)29(41)38-8-2-3-22(38)17-39-24-5-4-20(16-37-9-11-42-12-10-37)13-23(24)35-30(39)36-28(40)26-7-6-25(44-26)27(32)33/h4-7,13-14,22,27H,2-3,8-12,16-19H2,1H3,(H,35,36,40)/t22-/m1/s1. The summed E-state index contributed by atoms with van der Waals surface area (Å²) in [5, 5.41) is 12.7. The lowest BCUT2D eigenvalue weighted by Gasteiger charge is -2.35. The first kappa shape index (κ1) is 30.3. The molecule has 0 spiro atoms. The van der Waals surface area contributed by atoms with E-state index in [1.807, 2.05) is 29.7 Å². The zero-order chi connectivity index (χ0) is 30.8. The van der Waals surface area contributed by atoms with Crippen molar-refractivity contribution in [3.63, 3.8) is 0 Å². The highest BCUT2D eigenvalue weighted by atomic mass is 32.1. The van der Waals surface area contributed by atoms with Gasteiger partial charge in [0.25, 0.3) is 18.2 Å². The van der Waals surface area contributed by atoms with Gasteiger partial charge in [0.2, 0.25) is 5.95 Å². The van der Waals surface area contributed by atoms with E-state index in [9.17, 15) is 23.6 Å². The fourth-order valence-corrected chi connectivity index (χ4v) is 6.74. The van der Waals surface area contributed by atoms with E-state index in [0.29, 0.717) is 45.0 Å². The van der Waals surface area contributed by atoms with E-state index in [1.54, 1.807) is 11.0 Å². The number of aromatic nitrogens is 2. The Morgan fingerprint density at radius 2 is 2.00 bits per heavy atom. The first-order valence-corrected chi connectivity index (χ1v) is 15.5. The van der Waals surface area contributed by atoms with E-state index >= 15 is 0 Å². The number of amides is 2. The first-order valence-electron chi connectivity index (χ1n) is 14.7. The number of halogens is 2. The van der Waals surface area contributed by atoms with Crippen LogP contribution in [0.25, 0.3) is 11.0 Å². The summed E-state index contributed by atoms with van der Waals surface area (Å²) in [6.07, 6.45) is 0.556. The minimum atomic E-state index is -2.66. The summed E-state index contributed by atoms with van der Waals surface area (Å²) in [4.78, 5) is 35.5. The number of anilines is 1. The molecule has 2 amide bonds. The second kappa shape index (κ2) is 12.7. The SMILES string of the molecule is CC1(C=C(C#N)C(=O)N2CCC[C@@H]2Cn2c(NC(=O)c3ccc(C(F)F)s3)nc3cc(CN4CCOCC4)ccc32)COC1. The monoisotopic (exact) mass is 624 g/mol. The lowest BCUT2D eigenvalue weighted by molar-refractivity contribution is -0.128. The average molecular weight is 625 g/mol. The number of hydrogen-bond acceptors (Lipinski definition) is 8.